The monoisotopic (exact) mass is 246 g/mol. The molecule has 6 nitrogen and oxygen atoms in total. The average Bonchev–Trinajstić information content (AvgIpc) is 2.15. The summed E-state index contributed by atoms with van der Waals surface area (Å²) >= 11 is 0. The molecule has 0 aromatic rings. The molecule has 0 radical (unpaired) electrons. The molecule has 0 amide bonds. The molecule has 0 aliphatic heterocycles. The molecular weight excluding hydrogens is 228 g/mol. The summed E-state index contributed by atoms with van der Waals surface area (Å²) in [6.45, 7) is 1.90. The van der Waals surface area contributed by atoms with E-state index in [0.29, 0.717) is 12.8 Å². The predicted octanol–water partition coefficient (Wildman–Crippen LogP) is 1.44. The lowest BCUT2D eigenvalue weighted by Gasteiger charge is -2.15. The molecule has 0 aromatic heterocycles. The van der Waals surface area contributed by atoms with Gasteiger partial charge in [-0.25, -0.2) is 0 Å². The van der Waals surface area contributed by atoms with Crippen molar-refractivity contribution in [1.29, 1.82) is 0 Å². The molecule has 0 saturated heterocycles. The van der Waals surface area contributed by atoms with Gasteiger partial charge in [0.2, 0.25) is 0 Å². The first-order chi connectivity index (χ1) is 7.88. The molecule has 1 unspecified atom stereocenters. The molecule has 0 fully saturated rings. The van der Waals surface area contributed by atoms with Crippen LogP contribution >= 0.6 is 0 Å². The van der Waals surface area contributed by atoms with Gasteiger partial charge in [0.15, 0.2) is 5.92 Å². The van der Waals surface area contributed by atoms with Gasteiger partial charge in [-0.2, -0.15) is 0 Å². The Kier molecular flexibility index (Phi) is 6.93. The summed E-state index contributed by atoms with van der Waals surface area (Å²) in [7, 11) is 0. The standard InChI is InChI=1S/C11H18O6/c1-2-3-7(6-9(12)13)4-5-8(10(14)15)11(16)17/h7-8H,2-6H2,1H3,(H,12,13)(H,14,15)(H,16,17). The minimum atomic E-state index is -1.44. The van der Waals surface area contributed by atoms with Crippen LogP contribution in [0.25, 0.3) is 0 Å². The van der Waals surface area contributed by atoms with Gasteiger partial charge >= 0.3 is 17.9 Å². The zero-order valence-corrected chi connectivity index (χ0v) is 9.76. The summed E-state index contributed by atoms with van der Waals surface area (Å²) in [5, 5.41) is 26.0. The Hall–Kier alpha value is -1.59. The first kappa shape index (κ1) is 15.4. The van der Waals surface area contributed by atoms with Crippen LogP contribution in [0.2, 0.25) is 0 Å². The summed E-state index contributed by atoms with van der Waals surface area (Å²) in [6, 6.07) is 0. The molecule has 3 N–H and O–H groups in total. The summed E-state index contributed by atoms with van der Waals surface area (Å²) in [6.07, 6.45) is 1.70. The van der Waals surface area contributed by atoms with Crippen molar-refractivity contribution in [3.05, 3.63) is 0 Å². The highest BCUT2D eigenvalue weighted by atomic mass is 16.4. The lowest BCUT2D eigenvalue weighted by Crippen LogP contribution is -2.24. The van der Waals surface area contributed by atoms with Crippen molar-refractivity contribution in [2.24, 2.45) is 11.8 Å². The lowest BCUT2D eigenvalue weighted by molar-refractivity contribution is -0.154. The fourth-order valence-corrected chi connectivity index (χ4v) is 1.76. The molecule has 0 aliphatic carbocycles. The molecule has 0 saturated carbocycles. The number of carboxylic acids is 3. The van der Waals surface area contributed by atoms with E-state index in [1.54, 1.807) is 0 Å². The SMILES string of the molecule is CCCC(CCC(C(=O)O)C(=O)O)CC(=O)O. The molecule has 1 atom stereocenters. The number of carboxylic acid groups (broad SMARTS) is 3. The van der Waals surface area contributed by atoms with Crippen molar-refractivity contribution in [3.63, 3.8) is 0 Å². The van der Waals surface area contributed by atoms with Crippen LogP contribution in [-0.2, 0) is 14.4 Å². The van der Waals surface area contributed by atoms with Gasteiger partial charge in [-0.1, -0.05) is 19.8 Å². The lowest BCUT2D eigenvalue weighted by atomic mass is 9.90. The second kappa shape index (κ2) is 7.65. The van der Waals surface area contributed by atoms with E-state index in [0.717, 1.165) is 6.42 Å². The van der Waals surface area contributed by atoms with Gasteiger partial charge in [0.05, 0.1) is 0 Å². The molecule has 0 heterocycles. The molecule has 0 bridgehead atoms. The molecule has 17 heavy (non-hydrogen) atoms. The second-order valence-corrected chi connectivity index (χ2v) is 4.06. The van der Waals surface area contributed by atoms with Crippen molar-refractivity contribution in [1.82, 2.24) is 0 Å². The van der Waals surface area contributed by atoms with Crippen molar-refractivity contribution < 1.29 is 29.7 Å². The third-order valence-electron chi connectivity index (χ3n) is 2.62. The van der Waals surface area contributed by atoms with Crippen LogP contribution < -0.4 is 0 Å². The van der Waals surface area contributed by atoms with Crippen LogP contribution in [0.3, 0.4) is 0 Å². The molecule has 0 aliphatic rings. The Balaban J connectivity index is 4.30. The molecule has 0 aromatic carbocycles. The smallest absolute Gasteiger partial charge is 0.317 e. The summed E-state index contributed by atoms with van der Waals surface area (Å²) < 4.78 is 0. The van der Waals surface area contributed by atoms with E-state index in [9.17, 15) is 14.4 Å². The van der Waals surface area contributed by atoms with Gasteiger partial charge in [0.1, 0.15) is 0 Å². The minimum absolute atomic E-state index is 0.0252. The minimum Gasteiger partial charge on any atom is -0.481 e. The molecule has 6 heteroatoms. The van der Waals surface area contributed by atoms with Crippen LogP contribution in [0.4, 0.5) is 0 Å². The van der Waals surface area contributed by atoms with Gasteiger partial charge in [-0.05, 0) is 18.8 Å². The zero-order valence-electron chi connectivity index (χ0n) is 9.76. The van der Waals surface area contributed by atoms with E-state index >= 15 is 0 Å². The van der Waals surface area contributed by atoms with Crippen LogP contribution in [0.1, 0.15) is 39.0 Å². The van der Waals surface area contributed by atoms with E-state index in [-0.39, 0.29) is 18.8 Å². The fourth-order valence-electron chi connectivity index (χ4n) is 1.76. The van der Waals surface area contributed by atoms with Gasteiger partial charge in [0, 0.05) is 6.42 Å². The van der Waals surface area contributed by atoms with Gasteiger partial charge in [0.25, 0.3) is 0 Å². The summed E-state index contributed by atoms with van der Waals surface area (Å²) in [5.74, 6) is -5.28. The number of rotatable bonds is 9. The number of hydrogen-bond donors (Lipinski definition) is 3. The fraction of sp³-hybridized carbons (Fsp3) is 0.727. The van der Waals surface area contributed by atoms with Crippen LogP contribution in [-0.4, -0.2) is 33.2 Å². The maximum absolute atomic E-state index is 10.6. The van der Waals surface area contributed by atoms with E-state index in [2.05, 4.69) is 0 Å². The second-order valence-electron chi connectivity index (χ2n) is 4.06. The first-order valence-corrected chi connectivity index (χ1v) is 5.55. The van der Waals surface area contributed by atoms with Crippen LogP contribution in [0.15, 0.2) is 0 Å². The number of aliphatic carboxylic acids is 3. The third-order valence-corrected chi connectivity index (χ3v) is 2.62. The maximum Gasteiger partial charge on any atom is 0.317 e. The summed E-state index contributed by atoms with van der Waals surface area (Å²) in [5.41, 5.74) is 0. The van der Waals surface area contributed by atoms with Gasteiger partial charge in [-0.3, -0.25) is 14.4 Å². The zero-order chi connectivity index (χ0) is 13.4. The molecule has 0 rings (SSSR count). The largest absolute Gasteiger partial charge is 0.481 e. The van der Waals surface area contributed by atoms with Crippen LogP contribution in [0.5, 0.6) is 0 Å². The highest BCUT2D eigenvalue weighted by molar-refractivity contribution is 5.92. The quantitative estimate of drug-likeness (QED) is 0.531. The maximum atomic E-state index is 10.6. The average molecular weight is 246 g/mol. The van der Waals surface area contributed by atoms with Gasteiger partial charge in [-0.15, -0.1) is 0 Å². The molecule has 98 valence electrons. The molecular formula is C11H18O6. The Morgan fingerprint density at radius 2 is 1.47 bits per heavy atom. The Bertz CT molecular complexity index is 272. The number of hydrogen-bond acceptors (Lipinski definition) is 3. The van der Waals surface area contributed by atoms with Crippen molar-refractivity contribution in [3.8, 4) is 0 Å². The van der Waals surface area contributed by atoms with Crippen LogP contribution in [0, 0.1) is 11.8 Å². The first-order valence-electron chi connectivity index (χ1n) is 5.55. The van der Waals surface area contributed by atoms with Gasteiger partial charge < -0.3 is 15.3 Å². The normalized spacial score (nSPS) is 12.4. The Morgan fingerprint density at radius 3 is 1.82 bits per heavy atom. The molecule has 0 spiro atoms. The van der Waals surface area contributed by atoms with E-state index in [4.69, 9.17) is 15.3 Å². The Morgan fingerprint density at radius 1 is 0.941 bits per heavy atom. The van der Waals surface area contributed by atoms with E-state index in [1.807, 2.05) is 6.92 Å². The third kappa shape index (κ3) is 6.55. The highest BCUT2D eigenvalue weighted by Crippen LogP contribution is 2.21. The predicted molar refractivity (Wildman–Crippen MR) is 58.6 cm³/mol. The van der Waals surface area contributed by atoms with Crippen molar-refractivity contribution >= 4 is 17.9 Å². The highest BCUT2D eigenvalue weighted by Gasteiger charge is 2.26. The topological polar surface area (TPSA) is 112 Å². The Labute approximate surface area is 99.3 Å². The van der Waals surface area contributed by atoms with E-state index in [1.165, 1.54) is 0 Å². The van der Waals surface area contributed by atoms with E-state index < -0.39 is 23.8 Å². The number of carbonyl (C=O) groups is 3. The van der Waals surface area contributed by atoms with Crippen molar-refractivity contribution in [2.75, 3.05) is 0 Å². The summed E-state index contributed by atoms with van der Waals surface area (Å²) in [4.78, 5) is 31.8. The van der Waals surface area contributed by atoms with Crippen molar-refractivity contribution in [2.45, 2.75) is 39.0 Å².